The Kier molecular flexibility index (Phi) is 4.67. The van der Waals surface area contributed by atoms with Gasteiger partial charge in [0.25, 0.3) is 0 Å². The van der Waals surface area contributed by atoms with Gasteiger partial charge in [0.05, 0.1) is 0 Å². The molecule has 0 aliphatic rings. The molecule has 3 heteroatoms. The van der Waals surface area contributed by atoms with Gasteiger partial charge in [-0.1, -0.05) is 54.3 Å². The Morgan fingerprint density at radius 3 is 2.63 bits per heavy atom. The largest absolute Gasteiger partial charge is 0.508 e. The number of aromatic nitrogens is 1. The number of hydrogen-bond acceptors (Lipinski definition) is 3. The third-order valence-corrected chi connectivity index (χ3v) is 5.20. The van der Waals surface area contributed by atoms with Crippen molar-refractivity contribution in [3.8, 4) is 17.6 Å². The van der Waals surface area contributed by atoms with Crippen LogP contribution in [0.5, 0.6) is 5.75 Å². The van der Waals surface area contributed by atoms with Crippen molar-refractivity contribution in [2.75, 3.05) is 0 Å². The maximum absolute atomic E-state index is 10.5. The van der Waals surface area contributed by atoms with Gasteiger partial charge >= 0.3 is 0 Å². The molecule has 1 N–H and O–H groups in total. The van der Waals surface area contributed by atoms with E-state index in [1.54, 1.807) is 0 Å². The summed E-state index contributed by atoms with van der Waals surface area (Å²) in [6, 6.07) is 26.1. The zero-order valence-corrected chi connectivity index (χ0v) is 16.3. The van der Waals surface area contributed by atoms with Gasteiger partial charge in [-0.2, -0.15) is 0 Å². The first-order chi connectivity index (χ1) is 14.7. The van der Waals surface area contributed by atoms with Gasteiger partial charge in [-0.05, 0) is 63.9 Å². The second kappa shape index (κ2) is 7.77. The van der Waals surface area contributed by atoms with Crippen LogP contribution >= 0.6 is 0 Å². The van der Waals surface area contributed by atoms with E-state index in [0.717, 1.165) is 45.0 Å². The number of oxazole rings is 1. The highest BCUT2D eigenvalue weighted by Gasteiger charge is 2.08. The molecule has 0 spiro atoms. The highest BCUT2D eigenvalue weighted by molar-refractivity contribution is 5.86. The van der Waals surface area contributed by atoms with Crippen molar-refractivity contribution in [3.63, 3.8) is 0 Å². The van der Waals surface area contributed by atoms with Gasteiger partial charge in [-0.25, -0.2) is 4.98 Å². The fourth-order valence-corrected chi connectivity index (χ4v) is 3.63. The lowest BCUT2D eigenvalue weighted by molar-refractivity contribution is 0.470. The molecule has 5 aromatic rings. The molecule has 0 aliphatic heterocycles. The minimum absolute atomic E-state index is 0.297. The summed E-state index contributed by atoms with van der Waals surface area (Å²) >= 11 is 0. The standard InChI is InChI=1S/C27H19NO2/c29-26-17-22-11-9-20(8-4-7-19-5-2-1-3-6-19)13-23(22)16-24(26)14-21-10-12-27-25(15-21)28-18-30-27/h1-3,5-6,9-13,15-18,29H,7,14H2. The van der Waals surface area contributed by atoms with Gasteiger partial charge in [0.1, 0.15) is 11.3 Å². The molecular weight excluding hydrogens is 370 g/mol. The minimum atomic E-state index is 0.297. The molecule has 0 radical (unpaired) electrons. The topological polar surface area (TPSA) is 46.3 Å². The van der Waals surface area contributed by atoms with Crippen molar-refractivity contribution in [3.05, 3.63) is 108 Å². The van der Waals surface area contributed by atoms with Crippen molar-refractivity contribution >= 4 is 21.9 Å². The Morgan fingerprint density at radius 2 is 1.73 bits per heavy atom. The van der Waals surface area contributed by atoms with Gasteiger partial charge in [0.2, 0.25) is 0 Å². The number of nitrogens with zero attached hydrogens (tertiary/aromatic N) is 1. The molecule has 144 valence electrons. The molecule has 0 aliphatic carbocycles. The fourth-order valence-electron chi connectivity index (χ4n) is 3.63. The van der Waals surface area contributed by atoms with Crippen LogP contribution in [0, 0.1) is 11.8 Å². The number of hydrogen-bond donors (Lipinski definition) is 1. The smallest absolute Gasteiger partial charge is 0.181 e. The number of phenolic OH excluding ortho intramolecular Hbond substituents is 1. The zero-order chi connectivity index (χ0) is 20.3. The number of benzene rings is 4. The first kappa shape index (κ1) is 18.0. The van der Waals surface area contributed by atoms with E-state index >= 15 is 0 Å². The fraction of sp³-hybridized carbons (Fsp3) is 0.0741. The average Bonchev–Trinajstić information content (AvgIpc) is 3.23. The van der Waals surface area contributed by atoms with Crippen molar-refractivity contribution in [2.45, 2.75) is 12.8 Å². The summed E-state index contributed by atoms with van der Waals surface area (Å²) in [7, 11) is 0. The van der Waals surface area contributed by atoms with Crippen LogP contribution in [-0.4, -0.2) is 10.1 Å². The maximum atomic E-state index is 10.5. The van der Waals surface area contributed by atoms with Crippen LogP contribution in [0.3, 0.4) is 0 Å². The summed E-state index contributed by atoms with van der Waals surface area (Å²) in [6.07, 6.45) is 2.79. The molecule has 5 rings (SSSR count). The molecule has 0 bridgehead atoms. The first-order valence-electron chi connectivity index (χ1n) is 9.85. The average molecular weight is 389 g/mol. The van der Waals surface area contributed by atoms with Crippen molar-refractivity contribution in [1.29, 1.82) is 0 Å². The maximum Gasteiger partial charge on any atom is 0.181 e. The molecule has 30 heavy (non-hydrogen) atoms. The molecule has 0 fully saturated rings. The molecular formula is C27H19NO2. The monoisotopic (exact) mass is 389 g/mol. The molecule has 0 saturated carbocycles. The van der Waals surface area contributed by atoms with Crippen molar-refractivity contribution in [2.24, 2.45) is 0 Å². The van der Waals surface area contributed by atoms with E-state index < -0.39 is 0 Å². The van der Waals surface area contributed by atoms with Crippen LogP contribution in [-0.2, 0) is 12.8 Å². The van der Waals surface area contributed by atoms with Crippen molar-refractivity contribution < 1.29 is 9.52 Å². The zero-order valence-electron chi connectivity index (χ0n) is 16.3. The van der Waals surface area contributed by atoms with E-state index in [9.17, 15) is 5.11 Å². The summed E-state index contributed by atoms with van der Waals surface area (Å²) in [5.74, 6) is 6.80. The van der Waals surface area contributed by atoms with E-state index in [1.807, 2.05) is 60.7 Å². The van der Waals surface area contributed by atoms with Crippen molar-refractivity contribution in [1.82, 2.24) is 4.98 Å². The lowest BCUT2D eigenvalue weighted by Gasteiger charge is -2.08. The molecule has 0 atom stereocenters. The van der Waals surface area contributed by atoms with E-state index in [0.29, 0.717) is 12.2 Å². The second-order valence-corrected chi connectivity index (χ2v) is 7.34. The van der Waals surface area contributed by atoms with Crippen LogP contribution < -0.4 is 0 Å². The van der Waals surface area contributed by atoms with Gasteiger partial charge in [-0.3, -0.25) is 0 Å². The Morgan fingerprint density at radius 1 is 0.833 bits per heavy atom. The molecule has 4 aromatic carbocycles. The number of phenols is 1. The minimum Gasteiger partial charge on any atom is -0.508 e. The lowest BCUT2D eigenvalue weighted by Crippen LogP contribution is -1.90. The predicted molar refractivity (Wildman–Crippen MR) is 119 cm³/mol. The number of rotatable bonds is 3. The van der Waals surface area contributed by atoms with Gasteiger partial charge < -0.3 is 9.52 Å². The highest BCUT2D eigenvalue weighted by atomic mass is 16.3. The molecule has 1 aromatic heterocycles. The van der Waals surface area contributed by atoms with Crippen LogP contribution in [0.1, 0.15) is 22.3 Å². The van der Waals surface area contributed by atoms with Crippen LogP contribution in [0.25, 0.3) is 21.9 Å². The highest BCUT2D eigenvalue weighted by Crippen LogP contribution is 2.28. The molecule has 3 nitrogen and oxygen atoms in total. The summed E-state index contributed by atoms with van der Waals surface area (Å²) in [4.78, 5) is 4.21. The van der Waals surface area contributed by atoms with E-state index in [4.69, 9.17) is 4.42 Å². The third kappa shape index (κ3) is 3.76. The summed E-state index contributed by atoms with van der Waals surface area (Å²) < 4.78 is 5.30. The van der Waals surface area contributed by atoms with E-state index in [-0.39, 0.29) is 0 Å². The number of aromatic hydroxyl groups is 1. The Hall–Kier alpha value is -4.03. The van der Waals surface area contributed by atoms with Crippen LogP contribution in [0.2, 0.25) is 0 Å². The molecule has 0 saturated heterocycles. The Bertz CT molecular complexity index is 1410. The van der Waals surface area contributed by atoms with Crippen LogP contribution in [0.4, 0.5) is 0 Å². The first-order valence-corrected chi connectivity index (χ1v) is 9.85. The number of fused-ring (bicyclic) bond motifs is 2. The summed E-state index contributed by atoms with van der Waals surface area (Å²) in [5.41, 5.74) is 5.72. The molecule has 0 unspecified atom stereocenters. The SMILES string of the molecule is Oc1cc2ccc(C#CCc3ccccc3)cc2cc1Cc1ccc2ocnc2c1. The Labute approximate surface area is 174 Å². The molecule has 1 heterocycles. The second-order valence-electron chi connectivity index (χ2n) is 7.34. The molecule has 0 amide bonds. The third-order valence-electron chi connectivity index (χ3n) is 5.20. The summed E-state index contributed by atoms with van der Waals surface area (Å²) in [5, 5.41) is 12.6. The Balaban J connectivity index is 1.42. The van der Waals surface area contributed by atoms with Gasteiger partial charge in [0.15, 0.2) is 12.0 Å². The summed E-state index contributed by atoms with van der Waals surface area (Å²) in [6.45, 7) is 0. The normalized spacial score (nSPS) is 10.8. The van der Waals surface area contributed by atoms with Gasteiger partial charge in [-0.15, -0.1) is 0 Å². The van der Waals surface area contributed by atoms with Gasteiger partial charge in [0, 0.05) is 18.4 Å². The van der Waals surface area contributed by atoms with Crippen LogP contribution in [0.15, 0.2) is 89.7 Å². The predicted octanol–water partition coefficient (Wildman–Crippen LogP) is 5.87. The van der Waals surface area contributed by atoms with E-state index in [2.05, 4.69) is 35.0 Å². The quantitative estimate of drug-likeness (QED) is 0.393. The van der Waals surface area contributed by atoms with E-state index in [1.165, 1.54) is 12.0 Å². The lowest BCUT2D eigenvalue weighted by atomic mass is 9.98.